The minimum atomic E-state index is 0.275. The standard InChI is InChI=1S/C15H22N6O/c1-12(2)15-17-13(19-22-15)11-20-7-4-8-21(10-9-20)14-5-3-6-16-18-14/h3,5-6,12H,4,7-11H2,1-2H3. The highest BCUT2D eigenvalue weighted by Gasteiger charge is 2.18. The Balaban J connectivity index is 1.58. The molecule has 2 aromatic rings. The third-order valence-corrected chi connectivity index (χ3v) is 3.81. The monoisotopic (exact) mass is 302 g/mol. The summed E-state index contributed by atoms with van der Waals surface area (Å²) >= 11 is 0. The molecule has 7 heteroatoms. The molecule has 1 fully saturated rings. The maximum Gasteiger partial charge on any atom is 0.229 e. The number of rotatable bonds is 4. The molecule has 0 amide bonds. The van der Waals surface area contributed by atoms with Crippen LogP contribution >= 0.6 is 0 Å². The molecule has 2 aromatic heterocycles. The highest BCUT2D eigenvalue weighted by atomic mass is 16.5. The van der Waals surface area contributed by atoms with Gasteiger partial charge in [0.05, 0.1) is 6.54 Å². The summed E-state index contributed by atoms with van der Waals surface area (Å²) in [6, 6.07) is 3.94. The lowest BCUT2D eigenvalue weighted by molar-refractivity contribution is 0.271. The highest BCUT2D eigenvalue weighted by Crippen LogP contribution is 2.15. The topological polar surface area (TPSA) is 71.2 Å². The second kappa shape index (κ2) is 6.83. The summed E-state index contributed by atoms with van der Waals surface area (Å²) in [4.78, 5) is 9.10. The fourth-order valence-corrected chi connectivity index (χ4v) is 2.59. The highest BCUT2D eigenvalue weighted by molar-refractivity contribution is 5.36. The smallest absolute Gasteiger partial charge is 0.229 e. The van der Waals surface area contributed by atoms with Crippen molar-refractivity contribution < 1.29 is 4.52 Å². The van der Waals surface area contributed by atoms with Gasteiger partial charge < -0.3 is 9.42 Å². The van der Waals surface area contributed by atoms with Gasteiger partial charge in [0.15, 0.2) is 11.6 Å². The van der Waals surface area contributed by atoms with E-state index in [1.807, 2.05) is 12.1 Å². The van der Waals surface area contributed by atoms with Crippen molar-refractivity contribution in [1.29, 1.82) is 0 Å². The van der Waals surface area contributed by atoms with E-state index in [9.17, 15) is 0 Å². The predicted octanol–water partition coefficient (Wildman–Crippen LogP) is 1.70. The van der Waals surface area contributed by atoms with E-state index in [0.29, 0.717) is 5.89 Å². The molecule has 0 spiro atoms. The van der Waals surface area contributed by atoms with Crippen molar-refractivity contribution in [2.45, 2.75) is 32.7 Å². The molecule has 0 N–H and O–H groups in total. The van der Waals surface area contributed by atoms with Gasteiger partial charge in [-0.2, -0.15) is 10.1 Å². The predicted molar refractivity (Wildman–Crippen MR) is 82.5 cm³/mol. The van der Waals surface area contributed by atoms with Gasteiger partial charge in [0.25, 0.3) is 0 Å². The van der Waals surface area contributed by atoms with Crippen molar-refractivity contribution in [3.63, 3.8) is 0 Å². The first-order chi connectivity index (χ1) is 10.7. The van der Waals surface area contributed by atoms with E-state index in [4.69, 9.17) is 4.52 Å². The molecule has 3 heterocycles. The zero-order chi connectivity index (χ0) is 15.4. The number of nitrogens with zero attached hydrogens (tertiary/aromatic N) is 6. The van der Waals surface area contributed by atoms with Crippen molar-refractivity contribution >= 4 is 5.82 Å². The first-order valence-corrected chi connectivity index (χ1v) is 7.80. The molecule has 0 radical (unpaired) electrons. The summed E-state index contributed by atoms with van der Waals surface area (Å²) in [6.07, 6.45) is 2.79. The van der Waals surface area contributed by atoms with E-state index in [1.165, 1.54) is 0 Å². The van der Waals surface area contributed by atoms with Crippen LogP contribution in [0.5, 0.6) is 0 Å². The molecule has 7 nitrogen and oxygen atoms in total. The average molecular weight is 302 g/mol. The molecule has 0 aliphatic carbocycles. The summed E-state index contributed by atoms with van der Waals surface area (Å²) in [7, 11) is 0. The van der Waals surface area contributed by atoms with E-state index in [0.717, 1.165) is 50.8 Å². The summed E-state index contributed by atoms with van der Waals surface area (Å²) in [6.45, 7) is 8.78. The first kappa shape index (κ1) is 14.9. The van der Waals surface area contributed by atoms with Crippen LogP contribution in [-0.2, 0) is 6.54 Å². The van der Waals surface area contributed by atoms with Gasteiger partial charge in [-0.15, -0.1) is 5.10 Å². The van der Waals surface area contributed by atoms with Crippen LogP contribution in [0, 0.1) is 0 Å². The molecular weight excluding hydrogens is 280 g/mol. The molecule has 1 saturated heterocycles. The van der Waals surface area contributed by atoms with Gasteiger partial charge in [-0.1, -0.05) is 19.0 Å². The van der Waals surface area contributed by atoms with Crippen molar-refractivity contribution in [3.05, 3.63) is 30.0 Å². The molecular formula is C15H22N6O. The molecule has 0 bridgehead atoms. The zero-order valence-corrected chi connectivity index (χ0v) is 13.1. The van der Waals surface area contributed by atoms with Crippen molar-refractivity contribution in [3.8, 4) is 0 Å². The zero-order valence-electron chi connectivity index (χ0n) is 13.1. The van der Waals surface area contributed by atoms with Crippen LogP contribution in [-0.4, -0.2) is 51.4 Å². The number of hydrogen-bond acceptors (Lipinski definition) is 7. The van der Waals surface area contributed by atoms with E-state index in [-0.39, 0.29) is 5.92 Å². The van der Waals surface area contributed by atoms with Crippen LogP contribution in [0.2, 0.25) is 0 Å². The Morgan fingerprint density at radius 1 is 1.23 bits per heavy atom. The largest absolute Gasteiger partial charge is 0.354 e. The Bertz CT molecular complexity index is 585. The van der Waals surface area contributed by atoms with E-state index in [1.54, 1.807) is 6.20 Å². The SMILES string of the molecule is CC(C)c1nc(CN2CCCN(c3cccnn3)CC2)no1. The lowest BCUT2D eigenvalue weighted by Gasteiger charge is -2.21. The van der Waals surface area contributed by atoms with Gasteiger partial charge in [-0.3, -0.25) is 4.90 Å². The Morgan fingerprint density at radius 2 is 2.14 bits per heavy atom. The van der Waals surface area contributed by atoms with Crippen molar-refractivity contribution in [2.75, 3.05) is 31.1 Å². The molecule has 1 aliphatic heterocycles. The third kappa shape index (κ3) is 3.59. The second-order valence-corrected chi connectivity index (χ2v) is 5.90. The van der Waals surface area contributed by atoms with E-state index in [2.05, 4.69) is 44.0 Å². The van der Waals surface area contributed by atoms with Crippen LogP contribution in [0.3, 0.4) is 0 Å². The van der Waals surface area contributed by atoms with E-state index >= 15 is 0 Å². The maximum absolute atomic E-state index is 5.27. The Morgan fingerprint density at radius 3 is 2.86 bits per heavy atom. The van der Waals surface area contributed by atoms with Crippen LogP contribution < -0.4 is 4.90 Å². The third-order valence-electron chi connectivity index (χ3n) is 3.81. The van der Waals surface area contributed by atoms with Crippen LogP contribution in [0.4, 0.5) is 5.82 Å². The van der Waals surface area contributed by atoms with Gasteiger partial charge in [0.2, 0.25) is 5.89 Å². The van der Waals surface area contributed by atoms with Gasteiger partial charge in [-0.25, -0.2) is 0 Å². The summed E-state index contributed by atoms with van der Waals surface area (Å²) < 4.78 is 5.27. The molecule has 118 valence electrons. The minimum absolute atomic E-state index is 0.275. The first-order valence-electron chi connectivity index (χ1n) is 7.80. The Hall–Kier alpha value is -2.02. The minimum Gasteiger partial charge on any atom is -0.354 e. The lowest BCUT2D eigenvalue weighted by atomic mass is 10.2. The molecule has 0 aromatic carbocycles. The Labute approximate surface area is 130 Å². The summed E-state index contributed by atoms with van der Waals surface area (Å²) in [5.41, 5.74) is 0. The lowest BCUT2D eigenvalue weighted by Crippen LogP contribution is -2.31. The van der Waals surface area contributed by atoms with Crippen LogP contribution in [0.15, 0.2) is 22.9 Å². The van der Waals surface area contributed by atoms with Crippen LogP contribution in [0.1, 0.15) is 37.9 Å². The van der Waals surface area contributed by atoms with Gasteiger partial charge in [0, 0.05) is 38.3 Å². The van der Waals surface area contributed by atoms with Crippen molar-refractivity contribution in [2.24, 2.45) is 0 Å². The van der Waals surface area contributed by atoms with Crippen molar-refractivity contribution in [1.82, 2.24) is 25.2 Å². The molecule has 0 unspecified atom stereocenters. The van der Waals surface area contributed by atoms with Gasteiger partial charge in [-0.05, 0) is 18.6 Å². The summed E-state index contributed by atoms with van der Waals surface area (Å²) in [5.74, 6) is 2.71. The molecule has 1 aliphatic rings. The van der Waals surface area contributed by atoms with Gasteiger partial charge in [0.1, 0.15) is 0 Å². The van der Waals surface area contributed by atoms with Crippen LogP contribution in [0.25, 0.3) is 0 Å². The second-order valence-electron chi connectivity index (χ2n) is 5.90. The normalized spacial score (nSPS) is 17.0. The molecule has 22 heavy (non-hydrogen) atoms. The summed E-state index contributed by atoms with van der Waals surface area (Å²) in [5, 5.41) is 12.2. The molecule has 3 rings (SSSR count). The fourth-order valence-electron chi connectivity index (χ4n) is 2.59. The number of anilines is 1. The average Bonchev–Trinajstić information content (AvgIpc) is 2.87. The van der Waals surface area contributed by atoms with E-state index < -0.39 is 0 Å². The molecule has 0 saturated carbocycles. The molecule has 0 atom stereocenters. The quantitative estimate of drug-likeness (QED) is 0.851. The maximum atomic E-state index is 5.27. The Kier molecular flexibility index (Phi) is 4.62. The number of hydrogen-bond donors (Lipinski definition) is 0. The van der Waals surface area contributed by atoms with Gasteiger partial charge >= 0.3 is 0 Å². The number of aromatic nitrogens is 4. The fraction of sp³-hybridized carbons (Fsp3) is 0.600.